The van der Waals surface area contributed by atoms with E-state index in [1.165, 1.54) is 5.57 Å². The van der Waals surface area contributed by atoms with Gasteiger partial charge in [0.15, 0.2) is 0 Å². The molecular formula is C11H23NO. The average Bonchev–Trinajstić information content (AvgIpc) is 2.20. The summed E-state index contributed by atoms with van der Waals surface area (Å²) in [6.45, 7) is 12.7. The van der Waals surface area contributed by atoms with Crippen molar-refractivity contribution in [2.24, 2.45) is 0 Å². The molecule has 0 saturated carbocycles. The Morgan fingerprint density at radius 1 is 1.08 bits per heavy atom. The van der Waals surface area contributed by atoms with Gasteiger partial charge in [0.25, 0.3) is 0 Å². The Morgan fingerprint density at radius 2 is 1.54 bits per heavy atom. The topological polar surface area (TPSA) is 29.1 Å². The highest BCUT2D eigenvalue weighted by Gasteiger charge is 2.11. The van der Waals surface area contributed by atoms with Gasteiger partial charge in [-0.2, -0.15) is 0 Å². The van der Waals surface area contributed by atoms with Gasteiger partial charge in [-0.3, -0.25) is 4.79 Å². The van der Waals surface area contributed by atoms with Gasteiger partial charge in [-0.1, -0.05) is 33.3 Å². The molecule has 1 amide bonds. The minimum atomic E-state index is 0.0961. The number of carbonyl (C=O) groups excluding carboxylic acids is 1. The van der Waals surface area contributed by atoms with Crippen LogP contribution in [0, 0.1) is 0 Å². The van der Waals surface area contributed by atoms with Crippen molar-refractivity contribution in [3.63, 3.8) is 0 Å². The molecule has 0 fully saturated rings. The highest BCUT2D eigenvalue weighted by Crippen LogP contribution is 2.10. The summed E-state index contributed by atoms with van der Waals surface area (Å²) < 4.78 is 0. The Kier molecular flexibility index (Phi) is 10.5. The van der Waals surface area contributed by atoms with Crippen molar-refractivity contribution in [1.82, 2.24) is 5.32 Å². The van der Waals surface area contributed by atoms with E-state index in [4.69, 9.17) is 0 Å². The first kappa shape index (κ1) is 14.7. The first-order chi connectivity index (χ1) is 6.22. The van der Waals surface area contributed by atoms with Gasteiger partial charge in [0.2, 0.25) is 5.91 Å². The van der Waals surface area contributed by atoms with Crippen LogP contribution >= 0.6 is 0 Å². The van der Waals surface area contributed by atoms with Crippen LogP contribution in [-0.2, 0) is 4.79 Å². The molecule has 0 aromatic rings. The van der Waals surface area contributed by atoms with Gasteiger partial charge in [-0.15, -0.1) is 0 Å². The zero-order valence-corrected chi connectivity index (χ0v) is 9.82. The molecule has 0 spiro atoms. The molecule has 1 aliphatic rings. The molecule has 1 rings (SSSR count). The zero-order chi connectivity index (χ0) is 10.9. The highest BCUT2D eigenvalue weighted by molar-refractivity contribution is 5.94. The van der Waals surface area contributed by atoms with E-state index in [-0.39, 0.29) is 5.91 Å². The smallest absolute Gasteiger partial charge is 0.246 e. The van der Waals surface area contributed by atoms with Gasteiger partial charge in [0.1, 0.15) is 0 Å². The summed E-state index contributed by atoms with van der Waals surface area (Å²) >= 11 is 0. The first-order valence-corrected chi connectivity index (χ1v) is 5.16. The van der Waals surface area contributed by atoms with Crippen molar-refractivity contribution in [3.05, 3.63) is 11.1 Å². The Morgan fingerprint density at radius 3 is 1.85 bits per heavy atom. The maximum atomic E-state index is 10.8. The summed E-state index contributed by atoms with van der Waals surface area (Å²) in [4.78, 5) is 10.8. The van der Waals surface area contributed by atoms with E-state index in [0.29, 0.717) is 0 Å². The first-order valence-electron chi connectivity index (χ1n) is 5.16. The fourth-order valence-electron chi connectivity index (χ4n) is 0.877. The van der Waals surface area contributed by atoms with E-state index < -0.39 is 0 Å². The lowest BCUT2D eigenvalue weighted by Crippen LogP contribution is -2.29. The molecule has 0 atom stereocenters. The van der Waals surface area contributed by atoms with E-state index in [0.717, 1.165) is 18.5 Å². The number of amides is 1. The lowest BCUT2D eigenvalue weighted by Gasteiger charge is -2.14. The summed E-state index contributed by atoms with van der Waals surface area (Å²) in [6.07, 6.45) is 1.01. The molecular weight excluding hydrogens is 162 g/mol. The van der Waals surface area contributed by atoms with Gasteiger partial charge in [0.05, 0.1) is 0 Å². The van der Waals surface area contributed by atoms with Crippen LogP contribution in [0.2, 0.25) is 0 Å². The number of carbonyl (C=O) groups is 1. The lowest BCUT2D eigenvalue weighted by molar-refractivity contribution is -0.117. The Bertz CT molecular complexity index is 171. The second-order valence-corrected chi connectivity index (χ2v) is 2.41. The standard InChI is InChI=1S/C7H11NO.2C2H6/c1-5-3-4-8-7(9)6(5)2;2*1-2/h3-4H2,1-2H3,(H,8,9);2*1-2H3. The molecule has 2 nitrogen and oxygen atoms in total. The van der Waals surface area contributed by atoms with Gasteiger partial charge < -0.3 is 5.32 Å². The Balaban J connectivity index is 0. The number of hydrogen-bond acceptors (Lipinski definition) is 1. The molecule has 1 heterocycles. The molecule has 0 aromatic carbocycles. The van der Waals surface area contributed by atoms with Crippen LogP contribution in [0.1, 0.15) is 48.0 Å². The lowest BCUT2D eigenvalue weighted by atomic mass is 10.0. The predicted octanol–water partition coefficient (Wildman–Crippen LogP) is 2.90. The van der Waals surface area contributed by atoms with E-state index >= 15 is 0 Å². The molecule has 13 heavy (non-hydrogen) atoms. The molecule has 0 aliphatic carbocycles. The van der Waals surface area contributed by atoms with Crippen LogP contribution in [0.3, 0.4) is 0 Å². The second-order valence-electron chi connectivity index (χ2n) is 2.41. The van der Waals surface area contributed by atoms with Crippen molar-refractivity contribution in [2.75, 3.05) is 6.54 Å². The van der Waals surface area contributed by atoms with Crippen molar-refractivity contribution < 1.29 is 4.79 Å². The summed E-state index contributed by atoms with van der Waals surface area (Å²) in [6, 6.07) is 0. The average molecular weight is 185 g/mol. The Hall–Kier alpha value is -0.790. The maximum Gasteiger partial charge on any atom is 0.246 e. The number of rotatable bonds is 0. The molecule has 0 radical (unpaired) electrons. The molecule has 0 aromatic heterocycles. The molecule has 78 valence electrons. The molecule has 0 bridgehead atoms. The monoisotopic (exact) mass is 185 g/mol. The third-order valence-corrected chi connectivity index (χ3v) is 1.77. The molecule has 1 N–H and O–H groups in total. The van der Waals surface area contributed by atoms with E-state index in [1.54, 1.807) is 0 Å². The van der Waals surface area contributed by atoms with Gasteiger partial charge >= 0.3 is 0 Å². The highest BCUT2D eigenvalue weighted by atomic mass is 16.1. The third-order valence-electron chi connectivity index (χ3n) is 1.77. The number of nitrogens with one attached hydrogen (secondary N) is 1. The minimum absolute atomic E-state index is 0.0961. The van der Waals surface area contributed by atoms with Crippen LogP contribution in [0.4, 0.5) is 0 Å². The van der Waals surface area contributed by atoms with Crippen molar-refractivity contribution in [1.29, 1.82) is 0 Å². The predicted molar refractivity (Wildman–Crippen MR) is 58.7 cm³/mol. The fraction of sp³-hybridized carbons (Fsp3) is 0.727. The molecule has 0 saturated heterocycles. The minimum Gasteiger partial charge on any atom is -0.352 e. The van der Waals surface area contributed by atoms with Crippen LogP contribution in [0.25, 0.3) is 0 Å². The molecule has 1 aliphatic heterocycles. The third kappa shape index (κ3) is 5.45. The molecule has 0 unspecified atom stereocenters. The fourth-order valence-corrected chi connectivity index (χ4v) is 0.877. The normalized spacial score (nSPS) is 14.8. The summed E-state index contributed by atoms with van der Waals surface area (Å²) in [7, 11) is 0. The van der Waals surface area contributed by atoms with Gasteiger partial charge in [-0.05, 0) is 20.3 Å². The zero-order valence-electron chi connectivity index (χ0n) is 9.82. The van der Waals surface area contributed by atoms with Crippen LogP contribution in [0.5, 0.6) is 0 Å². The van der Waals surface area contributed by atoms with Crippen LogP contribution < -0.4 is 5.32 Å². The Labute approximate surface area is 82.4 Å². The van der Waals surface area contributed by atoms with E-state index in [2.05, 4.69) is 5.32 Å². The van der Waals surface area contributed by atoms with Crippen LogP contribution in [0.15, 0.2) is 11.1 Å². The van der Waals surface area contributed by atoms with Gasteiger partial charge in [-0.25, -0.2) is 0 Å². The van der Waals surface area contributed by atoms with Crippen molar-refractivity contribution in [3.8, 4) is 0 Å². The maximum absolute atomic E-state index is 10.8. The largest absolute Gasteiger partial charge is 0.352 e. The van der Waals surface area contributed by atoms with E-state index in [1.807, 2.05) is 41.5 Å². The van der Waals surface area contributed by atoms with Crippen molar-refractivity contribution in [2.45, 2.75) is 48.0 Å². The number of hydrogen-bond donors (Lipinski definition) is 1. The van der Waals surface area contributed by atoms with Crippen LogP contribution in [-0.4, -0.2) is 12.5 Å². The van der Waals surface area contributed by atoms with Crippen molar-refractivity contribution >= 4 is 5.91 Å². The molecule has 2 heteroatoms. The van der Waals surface area contributed by atoms with E-state index in [9.17, 15) is 4.79 Å². The quantitative estimate of drug-likeness (QED) is 0.617. The second kappa shape index (κ2) is 9.30. The SMILES string of the molecule is CC.CC.CC1=C(C)C(=O)NCC1. The summed E-state index contributed by atoms with van der Waals surface area (Å²) in [5, 5.41) is 2.77. The van der Waals surface area contributed by atoms with Gasteiger partial charge in [0, 0.05) is 12.1 Å². The summed E-state index contributed by atoms with van der Waals surface area (Å²) in [5.74, 6) is 0.0961. The summed E-state index contributed by atoms with van der Waals surface area (Å²) in [5.41, 5.74) is 2.11.